The second-order valence-electron chi connectivity index (χ2n) is 8.52. The van der Waals surface area contributed by atoms with Crippen LogP contribution in [0.1, 0.15) is 51.0 Å². The summed E-state index contributed by atoms with van der Waals surface area (Å²) in [5.41, 5.74) is 2.05. The number of anilines is 2. The molecule has 3 aromatic rings. The van der Waals surface area contributed by atoms with E-state index in [1.54, 1.807) is 6.26 Å². The summed E-state index contributed by atoms with van der Waals surface area (Å²) in [6.07, 6.45) is 10.1. The van der Waals surface area contributed by atoms with Crippen LogP contribution >= 0.6 is 11.8 Å². The smallest absolute Gasteiger partial charge is 0.234 e. The normalized spacial score (nSPS) is 17.1. The summed E-state index contributed by atoms with van der Waals surface area (Å²) in [4.78, 5) is 15.0. The highest BCUT2D eigenvalue weighted by atomic mass is 32.2. The molecule has 0 radical (unpaired) electrons. The molecule has 1 N–H and O–H groups in total. The molecule has 8 heteroatoms. The molecular formula is C24H29N5O2S. The number of benzene rings is 1. The number of furan rings is 1. The van der Waals surface area contributed by atoms with Crippen LogP contribution in [0.5, 0.6) is 0 Å². The van der Waals surface area contributed by atoms with Gasteiger partial charge in [0.15, 0.2) is 10.9 Å². The largest absolute Gasteiger partial charge is 0.461 e. The minimum absolute atomic E-state index is 0.0401. The van der Waals surface area contributed by atoms with Crippen molar-refractivity contribution in [2.75, 3.05) is 29.1 Å². The second-order valence-corrected chi connectivity index (χ2v) is 9.47. The Hall–Kier alpha value is -2.74. The fourth-order valence-corrected chi connectivity index (χ4v) is 5.48. The number of nitrogens with zero attached hydrogens (tertiary/aromatic N) is 4. The number of amides is 1. The lowest BCUT2D eigenvalue weighted by molar-refractivity contribution is -0.113. The molecule has 168 valence electrons. The van der Waals surface area contributed by atoms with Gasteiger partial charge in [0, 0.05) is 30.5 Å². The van der Waals surface area contributed by atoms with Crippen LogP contribution in [0.25, 0.3) is 11.6 Å². The van der Waals surface area contributed by atoms with Gasteiger partial charge in [-0.2, -0.15) is 0 Å². The zero-order valence-electron chi connectivity index (χ0n) is 18.2. The van der Waals surface area contributed by atoms with Crippen LogP contribution in [-0.4, -0.2) is 39.5 Å². The molecule has 0 atom stereocenters. The van der Waals surface area contributed by atoms with E-state index in [1.165, 1.54) is 49.6 Å². The standard InChI is InChI=1S/C24H29N5O2S/c30-22(25-18-10-12-19(13-11-18)28-14-4-5-15-28)17-32-24-27-26-23(21-9-6-16-31-21)29(24)20-7-2-1-3-8-20/h6,9-13,16,20H,1-5,7-8,14-15,17H2,(H,25,30). The molecule has 0 bridgehead atoms. The molecule has 1 aliphatic heterocycles. The molecule has 5 rings (SSSR count). The van der Waals surface area contributed by atoms with Gasteiger partial charge in [-0.15, -0.1) is 10.2 Å². The molecule has 2 aromatic heterocycles. The molecule has 2 aliphatic rings. The van der Waals surface area contributed by atoms with Crippen molar-refractivity contribution in [2.45, 2.75) is 56.1 Å². The van der Waals surface area contributed by atoms with Gasteiger partial charge < -0.3 is 14.6 Å². The van der Waals surface area contributed by atoms with Crippen molar-refractivity contribution in [1.82, 2.24) is 14.8 Å². The first-order chi connectivity index (χ1) is 15.8. The first-order valence-electron chi connectivity index (χ1n) is 11.5. The highest BCUT2D eigenvalue weighted by molar-refractivity contribution is 7.99. The Morgan fingerprint density at radius 3 is 2.53 bits per heavy atom. The molecule has 32 heavy (non-hydrogen) atoms. The fourth-order valence-electron chi connectivity index (χ4n) is 4.68. The van der Waals surface area contributed by atoms with Crippen LogP contribution in [0.4, 0.5) is 11.4 Å². The zero-order valence-corrected chi connectivity index (χ0v) is 19.0. The van der Waals surface area contributed by atoms with Gasteiger partial charge in [-0.05, 0) is 62.1 Å². The van der Waals surface area contributed by atoms with E-state index in [4.69, 9.17) is 4.42 Å². The van der Waals surface area contributed by atoms with Gasteiger partial charge >= 0.3 is 0 Å². The molecule has 1 aromatic carbocycles. The molecule has 3 heterocycles. The molecule has 2 fully saturated rings. The second kappa shape index (κ2) is 9.81. The average molecular weight is 452 g/mol. The van der Waals surface area contributed by atoms with E-state index in [2.05, 4.69) is 37.1 Å². The first-order valence-corrected chi connectivity index (χ1v) is 12.5. The molecule has 7 nitrogen and oxygen atoms in total. The van der Waals surface area contributed by atoms with Gasteiger partial charge in [-0.25, -0.2) is 0 Å². The summed E-state index contributed by atoms with van der Waals surface area (Å²) < 4.78 is 7.78. The predicted octanol–water partition coefficient (Wildman–Crippen LogP) is 5.37. The minimum Gasteiger partial charge on any atom is -0.461 e. The maximum Gasteiger partial charge on any atom is 0.234 e. The topological polar surface area (TPSA) is 76.2 Å². The van der Waals surface area contributed by atoms with E-state index in [-0.39, 0.29) is 11.7 Å². The zero-order chi connectivity index (χ0) is 21.8. The summed E-state index contributed by atoms with van der Waals surface area (Å²) in [6, 6.07) is 12.3. The van der Waals surface area contributed by atoms with Gasteiger partial charge in [-0.3, -0.25) is 9.36 Å². The van der Waals surface area contributed by atoms with Crippen LogP contribution in [-0.2, 0) is 4.79 Å². The molecule has 1 amide bonds. The number of carbonyl (C=O) groups is 1. The van der Waals surface area contributed by atoms with Crippen molar-refractivity contribution in [3.8, 4) is 11.6 Å². The summed E-state index contributed by atoms with van der Waals surface area (Å²) in [7, 11) is 0. The highest BCUT2D eigenvalue weighted by Crippen LogP contribution is 2.35. The van der Waals surface area contributed by atoms with Crippen molar-refractivity contribution in [3.05, 3.63) is 42.7 Å². The quantitative estimate of drug-likeness (QED) is 0.487. The van der Waals surface area contributed by atoms with Crippen LogP contribution in [0, 0.1) is 0 Å². The van der Waals surface area contributed by atoms with Crippen molar-refractivity contribution >= 4 is 29.0 Å². The lowest BCUT2D eigenvalue weighted by atomic mass is 9.95. The Morgan fingerprint density at radius 2 is 1.81 bits per heavy atom. The molecular weight excluding hydrogens is 422 g/mol. The van der Waals surface area contributed by atoms with E-state index in [9.17, 15) is 4.79 Å². The summed E-state index contributed by atoms with van der Waals surface area (Å²) >= 11 is 1.44. The SMILES string of the molecule is O=C(CSc1nnc(-c2ccco2)n1C1CCCCC1)Nc1ccc(N2CCCC2)cc1. The number of hydrogen-bond donors (Lipinski definition) is 1. The van der Waals surface area contributed by atoms with Crippen LogP contribution in [0.15, 0.2) is 52.2 Å². The molecule has 0 unspecified atom stereocenters. The summed E-state index contributed by atoms with van der Waals surface area (Å²) in [6.45, 7) is 2.23. The van der Waals surface area contributed by atoms with Crippen molar-refractivity contribution in [2.24, 2.45) is 0 Å². The van der Waals surface area contributed by atoms with Crippen LogP contribution < -0.4 is 10.2 Å². The maximum atomic E-state index is 12.6. The van der Waals surface area contributed by atoms with Gasteiger partial charge in [-0.1, -0.05) is 31.0 Å². The van der Waals surface area contributed by atoms with Gasteiger partial charge in [0.05, 0.1) is 12.0 Å². The molecule has 1 aliphatic carbocycles. The van der Waals surface area contributed by atoms with Crippen LogP contribution in [0.2, 0.25) is 0 Å². The predicted molar refractivity (Wildman–Crippen MR) is 127 cm³/mol. The molecule has 0 spiro atoms. The Labute approximate surface area is 192 Å². The van der Waals surface area contributed by atoms with Crippen LogP contribution in [0.3, 0.4) is 0 Å². The molecule has 1 saturated carbocycles. The minimum atomic E-state index is -0.0401. The lowest BCUT2D eigenvalue weighted by Gasteiger charge is -2.25. The number of rotatable bonds is 7. The Balaban J connectivity index is 1.24. The van der Waals surface area contributed by atoms with Crippen molar-refractivity contribution < 1.29 is 9.21 Å². The van der Waals surface area contributed by atoms with E-state index in [0.717, 1.165) is 48.4 Å². The van der Waals surface area contributed by atoms with Crippen molar-refractivity contribution in [1.29, 1.82) is 0 Å². The van der Waals surface area contributed by atoms with E-state index < -0.39 is 0 Å². The first kappa shape index (κ1) is 21.1. The number of carbonyl (C=O) groups excluding carboxylic acids is 1. The Bertz CT molecular complexity index is 1020. The third-order valence-electron chi connectivity index (χ3n) is 6.30. The summed E-state index contributed by atoms with van der Waals surface area (Å²) in [5.74, 6) is 1.72. The number of thioether (sulfide) groups is 1. The fraction of sp³-hybridized carbons (Fsp3) is 0.458. The Kier molecular flexibility index (Phi) is 6.48. The maximum absolute atomic E-state index is 12.6. The average Bonchev–Trinajstić information content (AvgIpc) is 3.60. The Morgan fingerprint density at radius 1 is 1.03 bits per heavy atom. The third kappa shape index (κ3) is 4.70. The number of aromatic nitrogens is 3. The van der Waals surface area contributed by atoms with Crippen molar-refractivity contribution in [3.63, 3.8) is 0 Å². The van der Waals surface area contributed by atoms with E-state index in [0.29, 0.717) is 6.04 Å². The lowest BCUT2D eigenvalue weighted by Crippen LogP contribution is -2.18. The summed E-state index contributed by atoms with van der Waals surface area (Å²) in [5, 5.41) is 12.6. The third-order valence-corrected chi connectivity index (χ3v) is 7.24. The van der Waals surface area contributed by atoms with Gasteiger partial charge in [0.2, 0.25) is 11.7 Å². The van der Waals surface area contributed by atoms with Gasteiger partial charge in [0.25, 0.3) is 0 Å². The number of nitrogens with one attached hydrogen (secondary N) is 1. The van der Waals surface area contributed by atoms with E-state index in [1.807, 2.05) is 24.3 Å². The monoisotopic (exact) mass is 451 g/mol. The highest BCUT2D eigenvalue weighted by Gasteiger charge is 2.25. The molecule has 1 saturated heterocycles. The van der Waals surface area contributed by atoms with Gasteiger partial charge in [0.1, 0.15) is 0 Å². The number of hydrogen-bond acceptors (Lipinski definition) is 6. The van der Waals surface area contributed by atoms with E-state index >= 15 is 0 Å².